The molecule has 1 aliphatic carbocycles. The molecule has 3 nitrogen and oxygen atoms in total. The van der Waals surface area contributed by atoms with Crippen LogP contribution in [-0.4, -0.2) is 24.4 Å². The molecule has 1 fully saturated rings. The highest BCUT2D eigenvalue weighted by atomic mass is 79.9. The standard InChI is InChI=1S/C17H25BrN2O/c1-20(12-14-5-7-15(18)8-6-14)16(21)11-17(13-19)9-3-2-4-10-17/h5-8H,2-4,9-13,19H2,1H3. The van der Waals surface area contributed by atoms with Gasteiger partial charge in [-0.25, -0.2) is 0 Å². The topological polar surface area (TPSA) is 46.3 Å². The minimum Gasteiger partial charge on any atom is -0.341 e. The Hall–Kier alpha value is -0.870. The molecule has 0 atom stereocenters. The van der Waals surface area contributed by atoms with Crippen LogP contribution in [0.5, 0.6) is 0 Å². The molecular formula is C17H25BrN2O. The van der Waals surface area contributed by atoms with Crippen LogP contribution in [0.15, 0.2) is 28.7 Å². The van der Waals surface area contributed by atoms with Gasteiger partial charge >= 0.3 is 0 Å². The monoisotopic (exact) mass is 352 g/mol. The van der Waals surface area contributed by atoms with Gasteiger partial charge in [0.15, 0.2) is 0 Å². The predicted molar refractivity (Wildman–Crippen MR) is 89.8 cm³/mol. The van der Waals surface area contributed by atoms with Crippen LogP contribution >= 0.6 is 15.9 Å². The van der Waals surface area contributed by atoms with E-state index >= 15 is 0 Å². The maximum atomic E-state index is 12.5. The maximum absolute atomic E-state index is 12.5. The number of nitrogens with two attached hydrogens (primary N) is 1. The van der Waals surface area contributed by atoms with Crippen LogP contribution in [0.4, 0.5) is 0 Å². The van der Waals surface area contributed by atoms with Gasteiger partial charge in [0.25, 0.3) is 0 Å². The number of rotatable bonds is 5. The van der Waals surface area contributed by atoms with Crippen molar-refractivity contribution >= 4 is 21.8 Å². The quantitative estimate of drug-likeness (QED) is 0.877. The summed E-state index contributed by atoms with van der Waals surface area (Å²) in [5.41, 5.74) is 7.18. The van der Waals surface area contributed by atoms with Gasteiger partial charge in [-0.3, -0.25) is 4.79 Å². The Kier molecular flexibility index (Phi) is 5.82. The molecule has 0 saturated heterocycles. The first kappa shape index (κ1) is 16.5. The zero-order valence-electron chi connectivity index (χ0n) is 12.8. The highest BCUT2D eigenvalue weighted by molar-refractivity contribution is 9.10. The predicted octanol–water partition coefficient (Wildman–Crippen LogP) is 3.71. The molecule has 1 aromatic rings. The van der Waals surface area contributed by atoms with E-state index < -0.39 is 0 Å². The van der Waals surface area contributed by atoms with Crippen molar-refractivity contribution < 1.29 is 4.79 Å². The maximum Gasteiger partial charge on any atom is 0.223 e. The number of nitrogens with zero attached hydrogens (tertiary/aromatic N) is 1. The Bertz CT molecular complexity index is 466. The van der Waals surface area contributed by atoms with Crippen molar-refractivity contribution in [3.05, 3.63) is 34.3 Å². The summed E-state index contributed by atoms with van der Waals surface area (Å²) in [6, 6.07) is 8.12. The van der Waals surface area contributed by atoms with Crippen molar-refractivity contribution in [2.45, 2.75) is 45.1 Å². The van der Waals surface area contributed by atoms with Gasteiger partial charge in [-0.1, -0.05) is 47.3 Å². The Morgan fingerprint density at radius 2 is 1.86 bits per heavy atom. The minimum absolute atomic E-state index is 0.0449. The van der Waals surface area contributed by atoms with Crippen molar-refractivity contribution in [1.29, 1.82) is 0 Å². The van der Waals surface area contributed by atoms with Gasteiger partial charge in [-0.05, 0) is 42.5 Å². The molecule has 0 aromatic heterocycles. The Morgan fingerprint density at radius 1 is 1.24 bits per heavy atom. The fourth-order valence-electron chi connectivity index (χ4n) is 3.16. The second kappa shape index (κ2) is 7.41. The number of amides is 1. The molecule has 0 heterocycles. The van der Waals surface area contributed by atoms with Gasteiger partial charge in [0, 0.05) is 24.5 Å². The number of carbonyl (C=O) groups excluding carboxylic acids is 1. The number of benzene rings is 1. The van der Waals surface area contributed by atoms with Crippen molar-refractivity contribution in [3.8, 4) is 0 Å². The van der Waals surface area contributed by atoms with Crippen LogP contribution < -0.4 is 5.73 Å². The van der Waals surface area contributed by atoms with Gasteiger partial charge in [-0.15, -0.1) is 0 Å². The van der Waals surface area contributed by atoms with Crippen LogP contribution in [0.3, 0.4) is 0 Å². The zero-order valence-corrected chi connectivity index (χ0v) is 14.4. The molecule has 21 heavy (non-hydrogen) atoms. The van der Waals surface area contributed by atoms with Crippen molar-refractivity contribution in [3.63, 3.8) is 0 Å². The van der Waals surface area contributed by atoms with E-state index in [1.807, 2.05) is 36.2 Å². The Balaban J connectivity index is 1.93. The van der Waals surface area contributed by atoms with E-state index in [2.05, 4.69) is 15.9 Å². The molecule has 2 N–H and O–H groups in total. The van der Waals surface area contributed by atoms with E-state index in [-0.39, 0.29) is 11.3 Å². The lowest BCUT2D eigenvalue weighted by Gasteiger charge is -2.36. The minimum atomic E-state index is 0.0449. The molecule has 0 aliphatic heterocycles. The summed E-state index contributed by atoms with van der Waals surface area (Å²) in [4.78, 5) is 14.3. The van der Waals surface area contributed by atoms with Crippen molar-refractivity contribution in [2.24, 2.45) is 11.1 Å². The van der Waals surface area contributed by atoms with Crippen LogP contribution in [0.25, 0.3) is 0 Å². The average Bonchev–Trinajstić information content (AvgIpc) is 2.50. The van der Waals surface area contributed by atoms with Crippen LogP contribution in [-0.2, 0) is 11.3 Å². The number of halogens is 1. The lowest BCUT2D eigenvalue weighted by molar-refractivity contribution is -0.133. The van der Waals surface area contributed by atoms with E-state index in [9.17, 15) is 4.79 Å². The third kappa shape index (κ3) is 4.55. The van der Waals surface area contributed by atoms with Gasteiger partial charge in [0.1, 0.15) is 0 Å². The van der Waals surface area contributed by atoms with Crippen LogP contribution in [0.1, 0.15) is 44.1 Å². The van der Waals surface area contributed by atoms with Gasteiger partial charge < -0.3 is 10.6 Å². The molecule has 1 aliphatic rings. The van der Waals surface area contributed by atoms with E-state index in [0.29, 0.717) is 19.5 Å². The summed E-state index contributed by atoms with van der Waals surface area (Å²) in [6.45, 7) is 1.29. The second-order valence-corrected chi connectivity index (χ2v) is 7.23. The van der Waals surface area contributed by atoms with Crippen LogP contribution in [0.2, 0.25) is 0 Å². The number of hydrogen-bond acceptors (Lipinski definition) is 2. The molecule has 2 rings (SSSR count). The summed E-state index contributed by atoms with van der Waals surface area (Å²) >= 11 is 3.43. The van der Waals surface area contributed by atoms with E-state index in [4.69, 9.17) is 5.73 Å². The molecule has 0 spiro atoms. The highest BCUT2D eigenvalue weighted by Gasteiger charge is 2.33. The molecule has 1 saturated carbocycles. The van der Waals surface area contributed by atoms with Gasteiger partial charge in [0.05, 0.1) is 0 Å². The van der Waals surface area contributed by atoms with Crippen molar-refractivity contribution in [2.75, 3.05) is 13.6 Å². The molecule has 116 valence electrons. The molecule has 0 unspecified atom stereocenters. The van der Waals surface area contributed by atoms with Crippen molar-refractivity contribution in [1.82, 2.24) is 4.90 Å². The molecule has 1 amide bonds. The number of hydrogen-bond donors (Lipinski definition) is 1. The van der Waals surface area contributed by atoms with Crippen LogP contribution in [0, 0.1) is 5.41 Å². The summed E-state index contributed by atoms with van der Waals surface area (Å²) in [7, 11) is 1.89. The highest BCUT2D eigenvalue weighted by Crippen LogP contribution is 2.38. The normalized spacial score (nSPS) is 17.5. The first-order valence-electron chi connectivity index (χ1n) is 7.73. The summed E-state index contributed by atoms with van der Waals surface area (Å²) < 4.78 is 1.06. The summed E-state index contributed by atoms with van der Waals surface area (Å²) in [6.07, 6.45) is 6.49. The second-order valence-electron chi connectivity index (χ2n) is 6.32. The smallest absolute Gasteiger partial charge is 0.223 e. The molecule has 0 bridgehead atoms. The fourth-order valence-corrected chi connectivity index (χ4v) is 3.43. The lowest BCUT2D eigenvalue weighted by atomic mass is 9.71. The third-order valence-electron chi connectivity index (χ3n) is 4.63. The summed E-state index contributed by atoms with van der Waals surface area (Å²) in [5.74, 6) is 0.213. The molecule has 0 radical (unpaired) electrons. The first-order chi connectivity index (χ1) is 10.0. The fraction of sp³-hybridized carbons (Fsp3) is 0.588. The van der Waals surface area contributed by atoms with E-state index in [0.717, 1.165) is 22.9 Å². The van der Waals surface area contributed by atoms with Gasteiger partial charge in [0.2, 0.25) is 5.91 Å². The van der Waals surface area contributed by atoms with E-state index in [1.54, 1.807) is 0 Å². The first-order valence-corrected chi connectivity index (χ1v) is 8.52. The summed E-state index contributed by atoms with van der Waals surface area (Å²) in [5, 5.41) is 0. The largest absolute Gasteiger partial charge is 0.341 e. The lowest BCUT2D eigenvalue weighted by Crippen LogP contribution is -2.39. The molecule has 1 aromatic carbocycles. The Morgan fingerprint density at radius 3 is 2.43 bits per heavy atom. The van der Waals surface area contributed by atoms with Gasteiger partial charge in [-0.2, -0.15) is 0 Å². The third-order valence-corrected chi connectivity index (χ3v) is 5.16. The van der Waals surface area contributed by atoms with E-state index in [1.165, 1.54) is 19.3 Å². The Labute approximate surface area is 136 Å². The zero-order chi connectivity index (χ0) is 15.3. The average molecular weight is 353 g/mol. The SMILES string of the molecule is CN(Cc1ccc(Br)cc1)C(=O)CC1(CN)CCCCC1. The molecule has 4 heteroatoms. The number of carbonyl (C=O) groups is 1. The molecular weight excluding hydrogens is 328 g/mol.